The van der Waals surface area contributed by atoms with Crippen molar-refractivity contribution >= 4 is 48.9 Å². The molecular weight excluding hydrogens is 336 g/mol. The third-order valence-corrected chi connectivity index (χ3v) is 4.72. The first-order chi connectivity index (χ1) is 9.28. The highest BCUT2D eigenvalue weighted by Gasteiger charge is 2.17. The van der Waals surface area contributed by atoms with Gasteiger partial charge in [0.1, 0.15) is 4.88 Å². The standard InChI is InChI=1S/C15H19BrN2OS/c1-15(2,3)6-7-18-14(19)13-12(17)10-5-4-9(16)8-11(10)20-13/h4-5,8H,6-7,17H2,1-3H3,(H,18,19). The molecule has 2 rings (SSSR count). The first-order valence-electron chi connectivity index (χ1n) is 6.54. The Kier molecular flexibility index (Phi) is 4.39. The number of benzene rings is 1. The van der Waals surface area contributed by atoms with E-state index in [0.717, 1.165) is 21.0 Å². The van der Waals surface area contributed by atoms with E-state index in [0.29, 0.717) is 17.1 Å². The van der Waals surface area contributed by atoms with Crippen LogP contribution in [0.4, 0.5) is 5.69 Å². The average Bonchev–Trinajstić information content (AvgIpc) is 2.64. The Labute approximate surface area is 131 Å². The van der Waals surface area contributed by atoms with Gasteiger partial charge in [-0.25, -0.2) is 0 Å². The number of halogens is 1. The van der Waals surface area contributed by atoms with Crippen LogP contribution in [0, 0.1) is 5.41 Å². The summed E-state index contributed by atoms with van der Waals surface area (Å²) in [6.07, 6.45) is 0.940. The molecule has 0 aliphatic rings. The number of hydrogen-bond acceptors (Lipinski definition) is 3. The smallest absolute Gasteiger partial charge is 0.263 e. The number of anilines is 1. The summed E-state index contributed by atoms with van der Waals surface area (Å²) in [6.45, 7) is 7.14. The number of hydrogen-bond donors (Lipinski definition) is 2. The number of rotatable bonds is 3. The molecule has 5 heteroatoms. The zero-order valence-electron chi connectivity index (χ0n) is 11.9. The lowest BCUT2D eigenvalue weighted by molar-refractivity contribution is 0.0954. The van der Waals surface area contributed by atoms with E-state index in [4.69, 9.17) is 5.73 Å². The van der Waals surface area contributed by atoms with Crippen LogP contribution in [0.1, 0.15) is 36.9 Å². The fourth-order valence-corrected chi connectivity index (χ4v) is 3.48. The Morgan fingerprint density at radius 3 is 2.75 bits per heavy atom. The summed E-state index contributed by atoms with van der Waals surface area (Å²) in [4.78, 5) is 12.8. The highest BCUT2D eigenvalue weighted by atomic mass is 79.9. The summed E-state index contributed by atoms with van der Waals surface area (Å²) in [5.74, 6) is -0.0796. The Balaban J connectivity index is 2.16. The Morgan fingerprint density at radius 1 is 1.40 bits per heavy atom. The molecule has 3 nitrogen and oxygen atoms in total. The second kappa shape index (κ2) is 5.74. The second-order valence-electron chi connectivity index (χ2n) is 6.05. The van der Waals surface area contributed by atoms with Gasteiger partial charge in [0, 0.05) is 21.1 Å². The van der Waals surface area contributed by atoms with Gasteiger partial charge in [-0.05, 0) is 24.0 Å². The molecule has 0 saturated heterocycles. The van der Waals surface area contributed by atoms with Crippen molar-refractivity contribution in [3.05, 3.63) is 27.5 Å². The van der Waals surface area contributed by atoms with Crippen LogP contribution in [0.2, 0.25) is 0 Å². The van der Waals surface area contributed by atoms with E-state index in [1.807, 2.05) is 18.2 Å². The molecule has 20 heavy (non-hydrogen) atoms. The minimum atomic E-state index is -0.0796. The lowest BCUT2D eigenvalue weighted by Crippen LogP contribution is -2.27. The van der Waals surface area contributed by atoms with Gasteiger partial charge in [-0.2, -0.15) is 0 Å². The molecule has 0 fully saturated rings. The van der Waals surface area contributed by atoms with E-state index < -0.39 is 0 Å². The minimum Gasteiger partial charge on any atom is -0.397 e. The van der Waals surface area contributed by atoms with E-state index in [-0.39, 0.29) is 11.3 Å². The van der Waals surface area contributed by atoms with E-state index >= 15 is 0 Å². The van der Waals surface area contributed by atoms with Crippen LogP contribution >= 0.6 is 27.3 Å². The van der Waals surface area contributed by atoms with E-state index in [2.05, 4.69) is 42.0 Å². The Bertz CT molecular complexity index is 643. The summed E-state index contributed by atoms with van der Waals surface area (Å²) >= 11 is 4.87. The molecule has 0 aliphatic carbocycles. The number of nitrogens with one attached hydrogen (secondary N) is 1. The van der Waals surface area contributed by atoms with Crippen LogP contribution in [0.15, 0.2) is 22.7 Å². The summed E-state index contributed by atoms with van der Waals surface area (Å²) < 4.78 is 2.02. The lowest BCUT2D eigenvalue weighted by Gasteiger charge is -2.17. The van der Waals surface area contributed by atoms with Crippen molar-refractivity contribution in [3.63, 3.8) is 0 Å². The average molecular weight is 355 g/mol. The Hall–Kier alpha value is -1.07. The lowest BCUT2D eigenvalue weighted by atomic mass is 9.92. The van der Waals surface area contributed by atoms with Crippen molar-refractivity contribution in [3.8, 4) is 0 Å². The summed E-state index contributed by atoms with van der Waals surface area (Å²) in [5.41, 5.74) is 6.87. The van der Waals surface area contributed by atoms with Gasteiger partial charge in [0.05, 0.1) is 5.69 Å². The number of carbonyl (C=O) groups is 1. The highest BCUT2D eigenvalue weighted by molar-refractivity contribution is 9.10. The van der Waals surface area contributed by atoms with Gasteiger partial charge in [0.2, 0.25) is 0 Å². The van der Waals surface area contributed by atoms with Gasteiger partial charge >= 0.3 is 0 Å². The predicted molar refractivity (Wildman–Crippen MR) is 90.3 cm³/mol. The molecular formula is C15H19BrN2OS. The van der Waals surface area contributed by atoms with Gasteiger partial charge in [0.25, 0.3) is 5.91 Å². The van der Waals surface area contributed by atoms with Gasteiger partial charge in [0.15, 0.2) is 0 Å². The van der Waals surface area contributed by atoms with Gasteiger partial charge in [-0.15, -0.1) is 11.3 Å². The van der Waals surface area contributed by atoms with E-state index in [1.165, 1.54) is 11.3 Å². The molecule has 1 aromatic carbocycles. The number of amides is 1. The molecule has 1 aromatic heterocycles. The molecule has 0 bridgehead atoms. The molecule has 1 heterocycles. The first-order valence-corrected chi connectivity index (χ1v) is 8.14. The molecule has 0 aliphatic heterocycles. The molecule has 3 N–H and O–H groups in total. The molecule has 108 valence electrons. The fourth-order valence-electron chi connectivity index (χ4n) is 1.89. The molecule has 0 saturated carbocycles. The molecule has 2 aromatic rings. The molecule has 0 unspecified atom stereocenters. The maximum absolute atomic E-state index is 12.2. The van der Waals surface area contributed by atoms with Crippen molar-refractivity contribution in [2.75, 3.05) is 12.3 Å². The molecule has 0 atom stereocenters. The highest BCUT2D eigenvalue weighted by Crippen LogP contribution is 2.35. The summed E-state index contributed by atoms with van der Waals surface area (Å²) in [6, 6.07) is 5.87. The zero-order valence-corrected chi connectivity index (χ0v) is 14.3. The zero-order chi connectivity index (χ0) is 14.9. The largest absolute Gasteiger partial charge is 0.397 e. The van der Waals surface area contributed by atoms with Crippen LogP contribution in [-0.4, -0.2) is 12.5 Å². The predicted octanol–water partition coefficient (Wildman–Crippen LogP) is 4.41. The number of thiophene rings is 1. The summed E-state index contributed by atoms with van der Waals surface area (Å²) in [5, 5.41) is 3.90. The quantitative estimate of drug-likeness (QED) is 0.857. The van der Waals surface area contributed by atoms with Crippen molar-refractivity contribution in [1.82, 2.24) is 5.32 Å². The van der Waals surface area contributed by atoms with Crippen LogP contribution in [0.3, 0.4) is 0 Å². The van der Waals surface area contributed by atoms with Gasteiger partial charge < -0.3 is 11.1 Å². The second-order valence-corrected chi connectivity index (χ2v) is 8.02. The topological polar surface area (TPSA) is 55.1 Å². The van der Waals surface area contributed by atoms with Crippen molar-refractivity contribution in [2.45, 2.75) is 27.2 Å². The number of nitrogens with two attached hydrogens (primary N) is 1. The van der Waals surface area contributed by atoms with Crippen molar-refractivity contribution < 1.29 is 4.79 Å². The van der Waals surface area contributed by atoms with Gasteiger partial charge in [-0.1, -0.05) is 42.8 Å². The number of fused-ring (bicyclic) bond motifs is 1. The third kappa shape index (κ3) is 3.52. The van der Waals surface area contributed by atoms with Crippen LogP contribution in [0.5, 0.6) is 0 Å². The maximum Gasteiger partial charge on any atom is 0.263 e. The molecule has 0 radical (unpaired) electrons. The maximum atomic E-state index is 12.2. The van der Waals surface area contributed by atoms with Gasteiger partial charge in [-0.3, -0.25) is 4.79 Å². The molecule has 0 spiro atoms. The Morgan fingerprint density at radius 2 is 2.10 bits per heavy atom. The third-order valence-electron chi connectivity index (χ3n) is 3.06. The first kappa shape index (κ1) is 15.3. The number of carbonyl (C=O) groups excluding carboxylic acids is 1. The summed E-state index contributed by atoms with van der Waals surface area (Å²) in [7, 11) is 0. The fraction of sp³-hybridized carbons (Fsp3) is 0.400. The molecule has 1 amide bonds. The van der Waals surface area contributed by atoms with E-state index in [1.54, 1.807) is 0 Å². The monoisotopic (exact) mass is 354 g/mol. The van der Waals surface area contributed by atoms with Crippen molar-refractivity contribution in [2.24, 2.45) is 5.41 Å². The number of nitrogen functional groups attached to an aromatic ring is 1. The van der Waals surface area contributed by atoms with Crippen LogP contribution < -0.4 is 11.1 Å². The van der Waals surface area contributed by atoms with Crippen LogP contribution in [-0.2, 0) is 0 Å². The normalized spacial score (nSPS) is 11.8. The van der Waals surface area contributed by atoms with Crippen LogP contribution in [0.25, 0.3) is 10.1 Å². The SMILES string of the molecule is CC(C)(C)CCNC(=O)c1sc2cc(Br)ccc2c1N. The van der Waals surface area contributed by atoms with E-state index in [9.17, 15) is 4.79 Å². The van der Waals surface area contributed by atoms with Crippen molar-refractivity contribution in [1.29, 1.82) is 0 Å². The minimum absolute atomic E-state index is 0.0796.